The van der Waals surface area contributed by atoms with Gasteiger partial charge in [-0.25, -0.2) is 4.79 Å². The largest absolute Gasteiger partial charge is 1.00 e. The van der Waals surface area contributed by atoms with Crippen LogP contribution in [-0.2, 0) is 27.7 Å². The molecule has 0 saturated carbocycles. The van der Waals surface area contributed by atoms with Crippen LogP contribution in [0.2, 0.25) is 0 Å². The fraction of sp³-hybridized carbons (Fsp3) is 0.750. The summed E-state index contributed by atoms with van der Waals surface area (Å²) in [5, 5.41) is 58.6. The van der Waals surface area contributed by atoms with E-state index in [9.17, 15) is 54.0 Å². The minimum absolute atomic E-state index is 0. The average Bonchev–Trinajstić information content (AvgIpc) is 3.06. The molecule has 2 unspecified atom stereocenters. The molecular weight excluding hydrogens is 584 g/mol. The molecule has 3 heterocycles. The zero-order valence-electron chi connectivity index (χ0n) is 20.1. The van der Waals surface area contributed by atoms with E-state index in [1.165, 1.54) is 0 Å². The predicted molar refractivity (Wildman–Crippen MR) is 108 cm³/mol. The Bertz CT molecular complexity index is 1140. The second kappa shape index (κ2) is 14.7. The summed E-state index contributed by atoms with van der Waals surface area (Å²) in [7, 11) is -10.7. The third-order valence-corrected chi connectivity index (χ3v) is 9.20. The van der Waals surface area contributed by atoms with E-state index in [0.717, 1.165) is 16.8 Å². The summed E-state index contributed by atoms with van der Waals surface area (Å²) in [5.41, 5.74) is -1.74. The molecule has 0 amide bonds. The van der Waals surface area contributed by atoms with Gasteiger partial charge in [-0.1, -0.05) is 0 Å². The van der Waals surface area contributed by atoms with E-state index in [-0.39, 0.29) is 59.1 Å². The molecule has 0 bridgehead atoms. The number of aliphatic hydroxyl groups excluding tert-OH is 6. The average molecular weight is 608 g/mol. The van der Waals surface area contributed by atoms with E-state index in [1.54, 1.807) is 0 Å². The van der Waals surface area contributed by atoms with Gasteiger partial charge in [-0.3, -0.25) is 14.3 Å². The van der Waals surface area contributed by atoms with E-state index in [2.05, 4.69) is 9.05 Å². The third-order valence-electron chi connectivity index (χ3n) is 5.36. The summed E-state index contributed by atoms with van der Waals surface area (Å²) in [6, 6.07) is 0.931. The molecule has 2 aliphatic heterocycles. The molecule has 2 aliphatic rings. The fourth-order valence-corrected chi connectivity index (χ4v) is 6.67. The van der Waals surface area contributed by atoms with Crippen LogP contribution < -0.4 is 80.2 Å². The summed E-state index contributed by atoms with van der Waals surface area (Å²) in [6.07, 6.45) is -15.2. The first-order valence-electron chi connectivity index (χ1n) is 10.2. The van der Waals surface area contributed by atoms with Crippen molar-refractivity contribution in [3.63, 3.8) is 0 Å². The van der Waals surface area contributed by atoms with Gasteiger partial charge in [-0.05, 0) is 0 Å². The monoisotopic (exact) mass is 608 g/mol. The Morgan fingerprint density at radius 3 is 2.11 bits per heavy atom. The topological polar surface area (TPSA) is 293 Å². The summed E-state index contributed by atoms with van der Waals surface area (Å²) in [4.78, 5) is 49.4. The minimum atomic E-state index is -5.40. The van der Waals surface area contributed by atoms with Gasteiger partial charge < -0.3 is 68.1 Å². The number of nitrogens with one attached hydrogen (secondary N) is 1. The van der Waals surface area contributed by atoms with Crippen molar-refractivity contribution in [3.05, 3.63) is 33.1 Å². The maximum absolute atomic E-state index is 12.2. The quantitative estimate of drug-likeness (QED) is 0.101. The van der Waals surface area contributed by atoms with Crippen LogP contribution in [0, 0.1) is 0 Å². The molecule has 1 aromatic rings. The van der Waals surface area contributed by atoms with E-state index in [0.29, 0.717) is 0 Å². The molecule has 0 spiro atoms. The number of hydrogen-bond donors (Lipinski definition) is 7. The molecule has 0 aromatic carbocycles. The molecule has 3 rings (SSSR count). The zero-order valence-corrected chi connectivity index (χ0v) is 25.9. The summed E-state index contributed by atoms with van der Waals surface area (Å²) >= 11 is 0. The number of aromatic nitrogens is 2. The zero-order chi connectivity index (χ0) is 27.0. The number of ether oxygens (including phenoxy) is 2. The van der Waals surface area contributed by atoms with Gasteiger partial charge in [0.2, 0.25) is 0 Å². The third kappa shape index (κ3) is 8.83. The Hall–Kier alpha value is 0.660. The number of hydrogen-bond acceptors (Lipinski definition) is 16. The van der Waals surface area contributed by atoms with Gasteiger partial charge in [0.05, 0.1) is 19.1 Å². The Morgan fingerprint density at radius 1 is 0.921 bits per heavy atom. The maximum atomic E-state index is 12.2. The van der Waals surface area contributed by atoms with Crippen LogP contribution in [0.15, 0.2) is 21.9 Å². The molecule has 0 aliphatic carbocycles. The van der Waals surface area contributed by atoms with Crippen LogP contribution in [0.5, 0.6) is 0 Å². The van der Waals surface area contributed by atoms with Crippen molar-refractivity contribution in [3.8, 4) is 0 Å². The molecule has 22 heteroatoms. The molecule has 11 atom stereocenters. The van der Waals surface area contributed by atoms with Crippen molar-refractivity contribution in [1.29, 1.82) is 0 Å². The first-order valence-corrected chi connectivity index (χ1v) is 13.7. The standard InChI is InChI=1S/C16H26N2O16P2.2Na/c19-3-6-9(21)11(23)13(25)15(33-6)34-36(29,30)5-35(27,28)31-4-7-10(22)12(24)14(32-7)18-2-1-8(20)17-16(18)26;;/h1-2,6-7,9-15,19,21-25H,3-5H2,(H,27,28)(H,29,30)(H,17,20,26);;/q;2*+1/p-2/t6-,7-,9+,10-,11+,12-,13-,14-,15-;;/m1../s1. The molecule has 7 N–H and O–H groups in total. The van der Waals surface area contributed by atoms with E-state index in [1.807, 2.05) is 4.98 Å². The Labute approximate surface area is 257 Å². The van der Waals surface area contributed by atoms with Crippen LogP contribution in [0.4, 0.5) is 0 Å². The van der Waals surface area contributed by atoms with Crippen LogP contribution in [0.25, 0.3) is 0 Å². The van der Waals surface area contributed by atoms with E-state index in [4.69, 9.17) is 14.6 Å². The Morgan fingerprint density at radius 2 is 1.53 bits per heavy atom. The molecule has 38 heavy (non-hydrogen) atoms. The number of H-pyrrole nitrogens is 1. The molecule has 18 nitrogen and oxygen atoms in total. The molecule has 206 valence electrons. The number of aromatic amines is 1. The normalized spacial score (nSPS) is 36.4. The van der Waals surface area contributed by atoms with Crippen LogP contribution in [-0.4, -0.2) is 108 Å². The Balaban J connectivity index is 0.00000361. The van der Waals surface area contributed by atoms with E-state index < -0.39 is 101 Å². The smallest absolute Gasteiger partial charge is 0.778 e. The first kappa shape index (κ1) is 36.7. The van der Waals surface area contributed by atoms with Crippen molar-refractivity contribution in [2.24, 2.45) is 0 Å². The predicted octanol–water partition coefficient (Wildman–Crippen LogP) is -11.9. The van der Waals surface area contributed by atoms with Crippen molar-refractivity contribution >= 4 is 15.2 Å². The second-order valence-electron chi connectivity index (χ2n) is 8.03. The number of aliphatic hydroxyl groups is 6. The van der Waals surface area contributed by atoms with Gasteiger partial charge in [0.25, 0.3) is 5.56 Å². The number of nitrogens with zero attached hydrogens (tertiary/aromatic N) is 1. The summed E-state index contributed by atoms with van der Waals surface area (Å²) < 4.78 is 44.3. The molecule has 2 saturated heterocycles. The van der Waals surface area contributed by atoms with Crippen molar-refractivity contribution in [2.75, 3.05) is 19.1 Å². The van der Waals surface area contributed by atoms with E-state index >= 15 is 0 Å². The van der Waals surface area contributed by atoms with Gasteiger partial charge in [0.15, 0.2) is 12.5 Å². The Kier molecular flexibility index (Phi) is 14.2. The van der Waals surface area contributed by atoms with Gasteiger partial charge in [-0.2, -0.15) is 0 Å². The fourth-order valence-electron chi connectivity index (χ4n) is 3.51. The second-order valence-corrected chi connectivity index (χ2v) is 12.1. The van der Waals surface area contributed by atoms with Crippen molar-refractivity contribution in [2.45, 2.75) is 55.2 Å². The molecule has 2 fully saturated rings. The maximum Gasteiger partial charge on any atom is 1.00 e. The van der Waals surface area contributed by atoms with Crippen molar-refractivity contribution < 1.29 is 127 Å². The van der Waals surface area contributed by atoms with Gasteiger partial charge in [0.1, 0.15) is 57.9 Å². The minimum Gasteiger partial charge on any atom is -0.778 e. The molecular formula is C16H24N2Na2O16P2. The van der Waals surface area contributed by atoms with Gasteiger partial charge in [0, 0.05) is 12.3 Å². The van der Waals surface area contributed by atoms with Gasteiger partial charge in [-0.15, -0.1) is 0 Å². The SMILES string of the molecule is O=c1ccn([C@@H]2O[C@H](COP(=O)([O-])CP(=O)([O-])O[C@H]3O[C@H](CO)[C@H](O)[C@H](O)[C@H]3O)[C@@H](O)[C@H]2O)c(=O)[nH]1.[Na+].[Na+]. The van der Waals surface area contributed by atoms with Crippen LogP contribution in [0.1, 0.15) is 6.23 Å². The van der Waals surface area contributed by atoms with Crippen molar-refractivity contribution in [1.82, 2.24) is 9.55 Å². The summed E-state index contributed by atoms with van der Waals surface area (Å²) in [5.74, 6) is -1.77. The molecule has 0 radical (unpaired) electrons. The first-order chi connectivity index (χ1) is 16.7. The summed E-state index contributed by atoms with van der Waals surface area (Å²) in [6.45, 7) is -1.88. The van der Waals surface area contributed by atoms with Gasteiger partial charge >= 0.3 is 64.8 Å². The number of rotatable bonds is 9. The molecule has 1 aromatic heterocycles. The van der Waals surface area contributed by atoms with Crippen LogP contribution in [0.3, 0.4) is 0 Å². The van der Waals surface area contributed by atoms with Crippen LogP contribution >= 0.6 is 15.2 Å².